The molecular weight excluding hydrogens is 1030 g/mol. The Labute approximate surface area is 453 Å². The number of nitrogens with zero attached hydrogens (tertiary/aromatic N) is 2. The maximum absolute atomic E-state index is 14.3. The van der Waals surface area contributed by atoms with E-state index in [1.165, 1.54) is 34.1 Å². The monoisotopic (exact) mass is 1100 g/mol. The molecule has 27 heteroatoms. The molecule has 1 aromatic heterocycles. The Kier molecular flexibility index (Phi) is 21.8. The highest BCUT2D eigenvalue weighted by Gasteiger charge is 2.45. The summed E-state index contributed by atoms with van der Waals surface area (Å²) in [6, 6.07) is -0.123. The van der Waals surface area contributed by atoms with Crippen LogP contribution in [0.3, 0.4) is 0 Å². The molecule has 5 rings (SSSR count). The summed E-state index contributed by atoms with van der Waals surface area (Å²) in [5.41, 5.74) is 13.8. The molecule has 2 fully saturated rings. The average molecular weight is 1100 g/mol. The maximum Gasteiger partial charge on any atom is 0.326 e. The van der Waals surface area contributed by atoms with Gasteiger partial charge < -0.3 is 78.6 Å². The Morgan fingerprint density at radius 2 is 1.25 bits per heavy atom. The van der Waals surface area contributed by atoms with Crippen LogP contribution in [-0.2, 0) is 70.4 Å². The number of carboxylic acid groups (broad SMARTS) is 3. The Morgan fingerprint density at radius 1 is 0.671 bits per heavy atom. The highest BCUT2D eigenvalue weighted by Crippen LogP contribution is 2.27. The summed E-state index contributed by atoms with van der Waals surface area (Å²) in [7, 11) is 0. The predicted molar refractivity (Wildman–Crippen MR) is 279 cm³/mol. The number of nitrogens with one attached hydrogen (secondary N) is 7. The number of benzene rings is 2. The molecule has 3 heterocycles. The number of phenolic OH excluding ortho intramolecular Hbond substituents is 1. The minimum atomic E-state index is -1.87. The van der Waals surface area contributed by atoms with E-state index < -0.39 is 144 Å². The largest absolute Gasteiger partial charge is 0.508 e. The van der Waals surface area contributed by atoms with Gasteiger partial charge >= 0.3 is 17.9 Å². The lowest BCUT2D eigenvalue weighted by Gasteiger charge is -2.33. The van der Waals surface area contributed by atoms with Gasteiger partial charge in [-0.3, -0.25) is 52.7 Å². The third-order valence-electron chi connectivity index (χ3n) is 14.0. The molecule has 2 aliphatic rings. The van der Waals surface area contributed by atoms with Crippen LogP contribution < -0.4 is 43.4 Å². The highest BCUT2D eigenvalue weighted by molar-refractivity contribution is 6.00. The minimum absolute atomic E-state index is 0.0325. The summed E-state index contributed by atoms with van der Waals surface area (Å²) < 4.78 is 0. The van der Waals surface area contributed by atoms with Crippen LogP contribution >= 0.6 is 0 Å². The molecule has 0 saturated carbocycles. The van der Waals surface area contributed by atoms with E-state index in [0.717, 1.165) is 23.4 Å². The van der Waals surface area contributed by atoms with Crippen LogP contribution in [0.1, 0.15) is 89.7 Å². The van der Waals surface area contributed by atoms with Gasteiger partial charge in [0.15, 0.2) is 0 Å². The number of primary amides is 1. The van der Waals surface area contributed by atoms with E-state index in [2.05, 4.69) is 36.9 Å². The first kappa shape index (κ1) is 61.2. The van der Waals surface area contributed by atoms with Gasteiger partial charge in [-0.2, -0.15) is 0 Å². The predicted octanol–water partition coefficient (Wildman–Crippen LogP) is -1.76. The topological polar surface area (TPSA) is 432 Å². The third-order valence-corrected chi connectivity index (χ3v) is 14.0. The van der Waals surface area contributed by atoms with Crippen molar-refractivity contribution in [1.82, 2.24) is 46.7 Å². The molecule has 2 saturated heterocycles. The molecule has 0 bridgehead atoms. The Morgan fingerprint density at radius 3 is 1.87 bits per heavy atom. The van der Waals surface area contributed by atoms with E-state index in [-0.39, 0.29) is 63.8 Å². The van der Waals surface area contributed by atoms with Crippen LogP contribution in [0.2, 0.25) is 0 Å². The highest BCUT2D eigenvalue weighted by atomic mass is 16.4. The number of carbonyl (C=O) groups is 12. The van der Waals surface area contributed by atoms with Crippen LogP contribution in [0, 0.1) is 5.92 Å². The zero-order chi connectivity index (χ0) is 58.2. The number of aliphatic carboxylic acids is 3. The van der Waals surface area contributed by atoms with Gasteiger partial charge in [-0.05, 0) is 80.7 Å². The number of rotatable bonds is 28. The van der Waals surface area contributed by atoms with E-state index in [1.807, 2.05) is 24.3 Å². The van der Waals surface area contributed by atoms with Gasteiger partial charge in [0, 0.05) is 43.0 Å². The molecule has 10 atom stereocenters. The van der Waals surface area contributed by atoms with E-state index in [1.54, 1.807) is 20.0 Å². The standard InChI is InChI=1S/C52H69N11O16/c1-4-26(2)43(49(75)60-37(52(78)79)21-28-13-15-30(64)16-14-28)61-47(73)36(24-42(68)69)58-44(70)27(3)56-46(72)35(23-41(66)67)59-48(74)38-11-7-19-62(38)51(77)39-12-8-20-63(39)50(76)34(17-18-40(54)65)57-45(71)32(53)22-29-25-55-33-10-6-5-9-31(29)33/h5-6,9-10,13-16,25-27,32,34-39,43,55,64H,4,7-8,11-12,17-24,53H2,1-3H3,(H2,54,65)(H,56,72)(H,57,71)(H,58,70)(H,59,74)(H,60,75)(H,61,73)(H,66,67)(H,68,69)(H,78,79)/t26-,27-,32-,34-,35-,36-,37-,38-,39-,43-/m0/s1. The SMILES string of the molecule is CC[C@H](C)[C@H](NC(=O)[C@H](CC(=O)O)NC(=O)[C@H](C)NC(=O)[C@H](CC(=O)O)NC(=O)[C@@H]1CCCN1C(=O)[C@@H]1CCCN1C(=O)[C@H](CCC(N)=O)NC(=O)[C@@H](N)Cc1c[nH]c2ccccc12)C(=O)N[C@@H](Cc1ccc(O)cc1)C(=O)O. The molecule has 0 radical (unpaired) electrons. The van der Waals surface area contributed by atoms with E-state index in [9.17, 15) is 78.0 Å². The second-order valence-electron chi connectivity index (χ2n) is 19.8. The van der Waals surface area contributed by atoms with Gasteiger partial charge in [0.2, 0.25) is 53.2 Å². The molecule has 0 unspecified atom stereocenters. The van der Waals surface area contributed by atoms with Gasteiger partial charge in [-0.15, -0.1) is 0 Å². The van der Waals surface area contributed by atoms with Crippen molar-refractivity contribution in [3.8, 4) is 5.75 Å². The van der Waals surface area contributed by atoms with Crippen molar-refractivity contribution in [2.24, 2.45) is 17.4 Å². The van der Waals surface area contributed by atoms with Crippen molar-refractivity contribution in [1.29, 1.82) is 0 Å². The maximum atomic E-state index is 14.3. The number of H-pyrrole nitrogens is 1. The summed E-state index contributed by atoms with van der Waals surface area (Å²) >= 11 is 0. The molecule has 2 aromatic carbocycles. The van der Waals surface area contributed by atoms with Crippen LogP contribution in [-0.4, -0.2) is 174 Å². The first-order chi connectivity index (χ1) is 37.4. The molecule has 9 amide bonds. The molecule has 27 nitrogen and oxygen atoms in total. The summed E-state index contributed by atoms with van der Waals surface area (Å²) in [6.45, 7) is 4.46. The van der Waals surface area contributed by atoms with Gasteiger partial charge in [-0.1, -0.05) is 50.6 Å². The van der Waals surface area contributed by atoms with Gasteiger partial charge in [-0.25, -0.2) is 4.79 Å². The average Bonchev–Trinajstić information content (AvgIpc) is 4.19. The number of nitrogens with two attached hydrogens (primary N) is 2. The number of hydrogen-bond acceptors (Lipinski definition) is 14. The van der Waals surface area contributed by atoms with Gasteiger partial charge in [0.25, 0.3) is 0 Å². The fourth-order valence-corrected chi connectivity index (χ4v) is 9.43. The first-order valence-corrected chi connectivity index (χ1v) is 25.8. The minimum Gasteiger partial charge on any atom is -0.508 e. The number of phenols is 1. The number of aromatic nitrogens is 1. The number of fused-ring (bicyclic) bond motifs is 1. The number of aromatic hydroxyl groups is 1. The van der Waals surface area contributed by atoms with Crippen molar-refractivity contribution in [3.05, 3.63) is 65.9 Å². The van der Waals surface area contributed by atoms with Crippen molar-refractivity contribution in [3.63, 3.8) is 0 Å². The van der Waals surface area contributed by atoms with E-state index in [0.29, 0.717) is 18.4 Å². The number of carbonyl (C=O) groups excluding carboxylic acids is 9. The number of para-hydroxylation sites is 1. The van der Waals surface area contributed by atoms with Crippen LogP contribution in [0.5, 0.6) is 5.75 Å². The van der Waals surface area contributed by atoms with Crippen molar-refractivity contribution in [2.45, 2.75) is 146 Å². The molecule has 3 aromatic rings. The van der Waals surface area contributed by atoms with Crippen LogP contribution in [0.15, 0.2) is 54.7 Å². The molecule has 428 valence electrons. The molecule has 2 aliphatic heterocycles. The Hall–Kier alpha value is -8.62. The van der Waals surface area contributed by atoms with Gasteiger partial charge in [0.05, 0.1) is 18.9 Å². The number of carboxylic acids is 3. The summed E-state index contributed by atoms with van der Waals surface area (Å²) in [5.74, 6) is -13.4. The van der Waals surface area contributed by atoms with Crippen molar-refractivity contribution >= 4 is 82.0 Å². The smallest absolute Gasteiger partial charge is 0.326 e. The van der Waals surface area contributed by atoms with Gasteiger partial charge in [0.1, 0.15) is 54.1 Å². The zero-order valence-corrected chi connectivity index (χ0v) is 43.9. The number of aromatic amines is 1. The van der Waals surface area contributed by atoms with Crippen molar-refractivity contribution in [2.75, 3.05) is 13.1 Å². The van der Waals surface area contributed by atoms with E-state index >= 15 is 0 Å². The van der Waals surface area contributed by atoms with Crippen LogP contribution in [0.25, 0.3) is 10.9 Å². The first-order valence-electron chi connectivity index (χ1n) is 25.8. The summed E-state index contributed by atoms with van der Waals surface area (Å²) in [4.78, 5) is 164. The fourth-order valence-electron chi connectivity index (χ4n) is 9.43. The van der Waals surface area contributed by atoms with Crippen molar-refractivity contribution < 1.29 is 78.0 Å². The third kappa shape index (κ3) is 16.9. The number of hydrogen-bond donors (Lipinski definition) is 13. The molecule has 0 spiro atoms. The lowest BCUT2D eigenvalue weighted by Crippen LogP contribution is -2.60. The van der Waals surface area contributed by atoms with E-state index in [4.69, 9.17) is 11.5 Å². The fraction of sp³-hybridized carbons (Fsp3) is 0.500. The normalized spacial score (nSPS) is 18.1. The quantitative estimate of drug-likeness (QED) is 0.0383. The second-order valence-corrected chi connectivity index (χ2v) is 19.8. The molecule has 0 aliphatic carbocycles. The second kappa shape index (κ2) is 28.1. The lowest BCUT2D eigenvalue weighted by atomic mass is 9.96. The molecule has 15 N–H and O–H groups in total. The molecule has 79 heavy (non-hydrogen) atoms. The van der Waals surface area contributed by atoms with Crippen LogP contribution in [0.4, 0.5) is 0 Å². The summed E-state index contributed by atoms with van der Waals surface area (Å²) in [5, 5.41) is 54.0. The summed E-state index contributed by atoms with van der Waals surface area (Å²) in [6.07, 6.45) is 0.218. The Balaban J connectivity index is 1.22. The molecular formula is C52H69N11O16. The number of amides is 9. The number of likely N-dealkylation sites (tertiary alicyclic amines) is 2. The lowest BCUT2D eigenvalue weighted by molar-refractivity contribution is -0.148. The Bertz CT molecular complexity index is 2770. The zero-order valence-electron chi connectivity index (χ0n) is 43.9.